The summed E-state index contributed by atoms with van der Waals surface area (Å²) in [6.07, 6.45) is 2.37. The summed E-state index contributed by atoms with van der Waals surface area (Å²) in [4.78, 5) is 0. The average molecular weight is 644 g/mol. The van der Waals surface area contributed by atoms with Crippen molar-refractivity contribution in [2.75, 3.05) is 13.7 Å². The van der Waals surface area contributed by atoms with Crippen molar-refractivity contribution in [1.29, 1.82) is 0 Å². The van der Waals surface area contributed by atoms with Crippen molar-refractivity contribution < 1.29 is 19.3 Å². The van der Waals surface area contributed by atoms with Crippen LogP contribution in [0.4, 0.5) is 0 Å². The van der Waals surface area contributed by atoms with E-state index in [-0.39, 0.29) is 12.0 Å². The van der Waals surface area contributed by atoms with Crippen LogP contribution in [-0.4, -0.2) is 31.0 Å². The van der Waals surface area contributed by atoms with Crippen LogP contribution in [0, 0.1) is 5.92 Å². The van der Waals surface area contributed by atoms with Gasteiger partial charge in [-0.1, -0.05) is 133 Å². The van der Waals surface area contributed by atoms with Gasteiger partial charge in [-0.3, -0.25) is 0 Å². The first-order valence-electron chi connectivity index (χ1n) is 15.0. The highest BCUT2D eigenvalue weighted by molar-refractivity contribution is 9.11. The highest BCUT2D eigenvalue weighted by atomic mass is 79.9. The Bertz CT molecular complexity index is 1260. The van der Waals surface area contributed by atoms with Gasteiger partial charge in [-0.15, -0.1) is 0 Å². The predicted molar refractivity (Wildman–Crippen MR) is 178 cm³/mol. The van der Waals surface area contributed by atoms with Gasteiger partial charge in [0.1, 0.15) is 11.4 Å². The Morgan fingerprint density at radius 1 is 0.791 bits per heavy atom. The quantitative estimate of drug-likeness (QED) is 0.0922. The van der Waals surface area contributed by atoms with Crippen LogP contribution in [0.2, 0.25) is 0 Å². The summed E-state index contributed by atoms with van der Waals surface area (Å²) < 4.78 is 19.5. The molecule has 0 aliphatic carbocycles. The lowest BCUT2D eigenvalue weighted by atomic mass is 9.80. The van der Waals surface area contributed by atoms with Crippen molar-refractivity contribution in [1.82, 2.24) is 0 Å². The molecule has 3 atom stereocenters. The minimum atomic E-state index is -0.728. The first-order chi connectivity index (χ1) is 20.9. The average Bonchev–Trinajstić information content (AvgIpc) is 3.05. The molecular weight excluding hydrogens is 600 g/mol. The SMILES string of the molecule is C=C(Br)C[C@H](O)[C@@H](C)[C@@H](CCCCOC(c1ccccc1)(c1ccccc1)c1ccccc1)OCc1ccc(OC)cc1. The lowest BCUT2D eigenvalue weighted by Gasteiger charge is -2.36. The third kappa shape index (κ3) is 8.90. The van der Waals surface area contributed by atoms with E-state index in [1.165, 1.54) is 0 Å². The topological polar surface area (TPSA) is 47.9 Å². The van der Waals surface area contributed by atoms with E-state index in [2.05, 4.69) is 102 Å². The molecule has 0 aliphatic rings. The fourth-order valence-corrected chi connectivity index (χ4v) is 5.86. The van der Waals surface area contributed by atoms with E-state index in [9.17, 15) is 5.11 Å². The first-order valence-corrected chi connectivity index (χ1v) is 15.8. The molecule has 226 valence electrons. The number of halogens is 1. The smallest absolute Gasteiger partial charge is 0.143 e. The number of aliphatic hydroxyl groups excluding tert-OH is 1. The maximum Gasteiger partial charge on any atom is 0.143 e. The molecule has 0 saturated carbocycles. The molecule has 0 amide bonds. The van der Waals surface area contributed by atoms with Crippen molar-refractivity contribution in [3.05, 3.63) is 149 Å². The zero-order chi connectivity index (χ0) is 30.5. The van der Waals surface area contributed by atoms with Gasteiger partial charge in [0.15, 0.2) is 0 Å². The Kier molecular flexibility index (Phi) is 12.6. The van der Waals surface area contributed by atoms with Gasteiger partial charge >= 0.3 is 0 Å². The zero-order valence-electron chi connectivity index (χ0n) is 25.2. The highest BCUT2D eigenvalue weighted by Gasteiger charge is 2.37. The highest BCUT2D eigenvalue weighted by Crippen LogP contribution is 2.40. The van der Waals surface area contributed by atoms with E-state index in [0.717, 1.165) is 51.7 Å². The predicted octanol–water partition coefficient (Wildman–Crippen LogP) is 9.06. The van der Waals surface area contributed by atoms with Crippen molar-refractivity contribution in [2.24, 2.45) is 5.92 Å². The largest absolute Gasteiger partial charge is 0.497 e. The van der Waals surface area contributed by atoms with E-state index < -0.39 is 11.7 Å². The molecule has 0 fully saturated rings. The standard InChI is InChI=1S/C38H43BrO4/c1-29(39)27-36(40)30(2)37(42-28-31-22-24-35(41-3)25-23-31)21-13-14-26-43-38(32-15-7-4-8-16-32,33-17-9-5-10-18-33)34-19-11-6-12-20-34/h4-12,15-20,22-25,30,36-37,40H,1,13-14,21,26-28H2,2-3H3/t30-,36+,37-/m1/s1. The Labute approximate surface area is 265 Å². The molecule has 1 N–H and O–H groups in total. The number of aliphatic hydroxyl groups is 1. The van der Waals surface area contributed by atoms with E-state index in [0.29, 0.717) is 19.6 Å². The normalized spacial score (nSPS) is 13.7. The summed E-state index contributed by atoms with van der Waals surface area (Å²) in [6, 6.07) is 39.3. The molecule has 4 rings (SSSR count). The maximum atomic E-state index is 10.9. The van der Waals surface area contributed by atoms with Crippen molar-refractivity contribution in [3.8, 4) is 5.75 Å². The van der Waals surface area contributed by atoms with Crippen LogP contribution in [0.3, 0.4) is 0 Å². The molecule has 0 saturated heterocycles. The number of methoxy groups -OCH3 is 1. The van der Waals surface area contributed by atoms with Gasteiger partial charge < -0.3 is 19.3 Å². The molecule has 0 bridgehead atoms. The van der Waals surface area contributed by atoms with Gasteiger partial charge in [-0.25, -0.2) is 0 Å². The molecule has 0 unspecified atom stereocenters. The zero-order valence-corrected chi connectivity index (χ0v) is 26.8. The Hall–Kier alpha value is -3.22. The van der Waals surface area contributed by atoms with Gasteiger partial charge in [0.25, 0.3) is 0 Å². The molecule has 4 aromatic rings. The van der Waals surface area contributed by atoms with E-state index in [1.54, 1.807) is 7.11 Å². The minimum absolute atomic E-state index is 0.0643. The fraction of sp³-hybridized carbons (Fsp3) is 0.316. The third-order valence-corrected chi connectivity index (χ3v) is 8.31. The van der Waals surface area contributed by atoms with Crippen molar-refractivity contribution in [2.45, 2.75) is 57.0 Å². The Morgan fingerprint density at radius 3 is 1.77 bits per heavy atom. The van der Waals surface area contributed by atoms with Gasteiger partial charge in [-0.05, 0) is 58.1 Å². The molecule has 0 heterocycles. The third-order valence-electron chi connectivity index (χ3n) is 7.99. The molecule has 5 heteroatoms. The van der Waals surface area contributed by atoms with Crippen LogP contribution >= 0.6 is 15.9 Å². The molecule has 0 radical (unpaired) electrons. The monoisotopic (exact) mass is 642 g/mol. The van der Waals surface area contributed by atoms with Gasteiger partial charge in [0.05, 0.1) is 25.9 Å². The van der Waals surface area contributed by atoms with Crippen molar-refractivity contribution >= 4 is 15.9 Å². The second-order valence-corrected chi connectivity index (χ2v) is 12.1. The number of hydrogen-bond donors (Lipinski definition) is 1. The van der Waals surface area contributed by atoms with Gasteiger partial charge in [0, 0.05) is 18.9 Å². The molecule has 43 heavy (non-hydrogen) atoms. The van der Waals surface area contributed by atoms with E-state index >= 15 is 0 Å². The Morgan fingerprint density at radius 2 is 1.30 bits per heavy atom. The van der Waals surface area contributed by atoms with Crippen LogP contribution in [0.5, 0.6) is 5.75 Å². The summed E-state index contributed by atoms with van der Waals surface area (Å²) >= 11 is 3.41. The minimum Gasteiger partial charge on any atom is -0.497 e. The lowest BCUT2D eigenvalue weighted by Crippen LogP contribution is -2.33. The Balaban J connectivity index is 1.47. The van der Waals surface area contributed by atoms with Crippen LogP contribution in [0.25, 0.3) is 0 Å². The van der Waals surface area contributed by atoms with Gasteiger partial charge in [0.2, 0.25) is 0 Å². The molecule has 0 spiro atoms. The van der Waals surface area contributed by atoms with E-state index in [1.807, 2.05) is 42.5 Å². The lowest BCUT2D eigenvalue weighted by molar-refractivity contribution is -0.0444. The molecule has 0 aromatic heterocycles. The maximum absolute atomic E-state index is 10.9. The number of benzene rings is 4. The fourth-order valence-electron chi connectivity index (χ4n) is 5.53. The van der Waals surface area contributed by atoms with Crippen LogP contribution in [0.1, 0.15) is 54.9 Å². The molecule has 4 aromatic carbocycles. The van der Waals surface area contributed by atoms with E-state index in [4.69, 9.17) is 14.2 Å². The van der Waals surface area contributed by atoms with Crippen LogP contribution in [-0.2, 0) is 21.7 Å². The summed E-state index contributed by atoms with van der Waals surface area (Å²) in [5.41, 5.74) is 3.63. The van der Waals surface area contributed by atoms with Gasteiger partial charge in [-0.2, -0.15) is 0 Å². The first kappa shape index (κ1) is 32.7. The summed E-state index contributed by atoms with van der Waals surface area (Å²) in [6.45, 7) is 7.01. The molecule has 0 aliphatic heterocycles. The molecular formula is C38H43BrO4. The number of unbranched alkanes of at least 4 members (excludes halogenated alkanes) is 1. The number of hydrogen-bond acceptors (Lipinski definition) is 4. The summed E-state index contributed by atoms with van der Waals surface area (Å²) in [5, 5.41) is 10.9. The summed E-state index contributed by atoms with van der Waals surface area (Å²) in [5.74, 6) is 0.753. The number of ether oxygens (including phenoxy) is 3. The molecule has 4 nitrogen and oxygen atoms in total. The van der Waals surface area contributed by atoms with Crippen molar-refractivity contribution in [3.63, 3.8) is 0 Å². The number of rotatable bonds is 17. The summed E-state index contributed by atoms with van der Waals surface area (Å²) in [7, 11) is 1.66. The van der Waals surface area contributed by atoms with Crippen LogP contribution in [0.15, 0.2) is 126 Å². The second-order valence-electron chi connectivity index (χ2n) is 11.0. The van der Waals surface area contributed by atoms with Crippen LogP contribution < -0.4 is 4.74 Å². The second kappa shape index (κ2) is 16.6.